The summed E-state index contributed by atoms with van der Waals surface area (Å²) in [6, 6.07) is 8.11. The van der Waals surface area contributed by atoms with Gasteiger partial charge in [-0.15, -0.1) is 0 Å². The second-order valence-electron chi connectivity index (χ2n) is 10.1. The van der Waals surface area contributed by atoms with Gasteiger partial charge < -0.3 is 14.9 Å². The number of likely N-dealkylation sites (tertiary alicyclic amines) is 1. The summed E-state index contributed by atoms with van der Waals surface area (Å²) < 4.78 is 40.1. The topological polar surface area (TPSA) is 60.9 Å². The molecule has 1 spiro atoms. The van der Waals surface area contributed by atoms with Gasteiger partial charge in [0.05, 0.1) is 0 Å². The van der Waals surface area contributed by atoms with E-state index in [1.165, 1.54) is 4.90 Å². The van der Waals surface area contributed by atoms with E-state index in [0.29, 0.717) is 25.8 Å². The van der Waals surface area contributed by atoms with Gasteiger partial charge in [0.15, 0.2) is 0 Å². The van der Waals surface area contributed by atoms with Crippen LogP contribution in [-0.4, -0.2) is 57.8 Å². The summed E-state index contributed by atoms with van der Waals surface area (Å²) in [4.78, 5) is 26.3. The molecule has 1 heterocycles. The molecule has 3 unspecified atom stereocenters. The zero-order valence-electron chi connectivity index (χ0n) is 17.3. The number of nitrogens with zero attached hydrogens (tertiary/aromatic N) is 2. The summed E-state index contributed by atoms with van der Waals surface area (Å²) in [5, 5.41) is 9.46. The number of carboxylic acid groups (broad SMARTS) is 1. The second kappa shape index (κ2) is 6.62. The number of halogens is 3. The van der Waals surface area contributed by atoms with Gasteiger partial charge in [-0.25, -0.2) is 4.79 Å². The first kappa shape index (κ1) is 21.0. The van der Waals surface area contributed by atoms with Gasteiger partial charge in [0, 0.05) is 36.0 Å². The maximum atomic E-state index is 13.4. The molecule has 1 aliphatic heterocycles. The van der Waals surface area contributed by atoms with Crippen molar-refractivity contribution >= 4 is 12.0 Å². The monoisotopic (exact) mass is 424 g/mol. The Morgan fingerprint density at radius 3 is 2.23 bits per heavy atom. The molecule has 5 nitrogen and oxygen atoms in total. The van der Waals surface area contributed by atoms with E-state index in [-0.39, 0.29) is 22.8 Å². The van der Waals surface area contributed by atoms with Crippen LogP contribution in [0.2, 0.25) is 0 Å². The van der Waals surface area contributed by atoms with Crippen LogP contribution in [0.5, 0.6) is 0 Å². The van der Waals surface area contributed by atoms with E-state index in [9.17, 15) is 27.9 Å². The van der Waals surface area contributed by atoms with Crippen LogP contribution in [0.3, 0.4) is 0 Å². The second-order valence-corrected chi connectivity index (χ2v) is 10.1. The lowest BCUT2D eigenvalue weighted by Crippen LogP contribution is -2.76. The minimum atomic E-state index is -4.91. The number of hydrogen-bond acceptors (Lipinski definition) is 2. The van der Waals surface area contributed by atoms with Crippen molar-refractivity contribution in [2.75, 3.05) is 6.54 Å². The van der Waals surface area contributed by atoms with Crippen molar-refractivity contribution in [2.45, 2.75) is 70.3 Å². The zero-order valence-corrected chi connectivity index (χ0v) is 17.3. The Morgan fingerprint density at radius 1 is 1.13 bits per heavy atom. The predicted octanol–water partition coefficient (Wildman–Crippen LogP) is 4.49. The molecule has 1 N–H and O–H groups in total. The first-order chi connectivity index (χ1) is 13.8. The van der Waals surface area contributed by atoms with Crippen LogP contribution >= 0.6 is 0 Å². The summed E-state index contributed by atoms with van der Waals surface area (Å²) in [7, 11) is 0. The van der Waals surface area contributed by atoms with Crippen molar-refractivity contribution in [1.82, 2.24) is 9.80 Å². The molecule has 3 atom stereocenters. The maximum absolute atomic E-state index is 13.4. The minimum Gasteiger partial charge on any atom is -0.465 e. The van der Waals surface area contributed by atoms with E-state index < -0.39 is 30.3 Å². The number of benzene rings is 1. The van der Waals surface area contributed by atoms with E-state index in [1.54, 1.807) is 0 Å². The molecule has 0 aromatic heterocycles. The minimum absolute atomic E-state index is 0.0793. The molecule has 0 radical (unpaired) electrons. The van der Waals surface area contributed by atoms with E-state index in [0.717, 1.165) is 10.5 Å². The van der Waals surface area contributed by atoms with Crippen molar-refractivity contribution in [3.8, 4) is 0 Å². The number of amides is 2. The molecule has 2 saturated carbocycles. The largest absolute Gasteiger partial charge is 0.471 e. The Hall–Kier alpha value is -2.25. The molecule has 3 aliphatic rings. The molecule has 1 saturated heterocycles. The lowest BCUT2D eigenvalue weighted by Gasteiger charge is -2.68. The van der Waals surface area contributed by atoms with Crippen LogP contribution in [0.15, 0.2) is 30.3 Å². The highest BCUT2D eigenvalue weighted by molar-refractivity contribution is 5.83. The number of rotatable bonds is 3. The summed E-state index contributed by atoms with van der Waals surface area (Å²) in [6.45, 7) is 6.17. The maximum Gasteiger partial charge on any atom is 0.471 e. The lowest BCUT2D eigenvalue weighted by molar-refractivity contribution is -0.208. The standard InChI is InChI=1S/C22H27F3N2O3/c1-20(2,3)17-21(12-26(17)19(29)30)10-14(11-21)27(18(28)22(23,24)25)16-9-15(16)13-7-5-4-6-8-13/h4-8,14-17H,9-12H2,1-3H3,(H,29,30). The summed E-state index contributed by atoms with van der Waals surface area (Å²) in [5.41, 5.74) is 0.277. The lowest BCUT2D eigenvalue weighted by atomic mass is 9.50. The highest BCUT2D eigenvalue weighted by Gasteiger charge is 2.67. The number of hydrogen-bond donors (Lipinski definition) is 1. The molecule has 3 fully saturated rings. The molecule has 4 rings (SSSR count). The van der Waals surface area contributed by atoms with Crippen LogP contribution < -0.4 is 0 Å². The predicted molar refractivity (Wildman–Crippen MR) is 104 cm³/mol. The average molecular weight is 424 g/mol. The van der Waals surface area contributed by atoms with Crippen molar-refractivity contribution in [3.63, 3.8) is 0 Å². The summed E-state index contributed by atoms with van der Waals surface area (Å²) >= 11 is 0. The molecule has 2 aliphatic carbocycles. The highest BCUT2D eigenvalue weighted by Crippen LogP contribution is 2.61. The average Bonchev–Trinajstić information content (AvgIpc) is 3.34. The fourth-order valence-corrected chi connectivity index (χ4v) is 6.01. The molecule has 30 heavy (non-hydrogen) atoms. The molecular weight excluding hydrogens is 397 g/mol. The molecule has 0 bridgehead atoms. The van der Waals surface area contributed by atoms with Gasteiger partial charge in [-0.1, -0.05) is 51.1 Å². The van der Waals surface area contributed by atoms with Gasteiger partial charge >= 0.3 is 18.2 Å². The van der Waals surface area contributed by atoms with Crippen LogP contribution in [0.4, 0.5) is 18.0 Å². The van der Waals surface area contributed by atoms with Crippen molar-refractivity contribution in [3.05, 3.63) is 35.9 Å². The quantitative estimate of drug-likeness (QED) is 0.778. The van der Waals surface area contributed by atoms with E-state index in [2.05, 4.69) is 0 Å². The smallest absolute Gasteiger partial charge is 0.465 e. The fraction of sp³-hybridized carbons (Fsp3) is 0.636. The van der Waals surface area contributed by atoms with Crippen LogP contribution in [-0.2, 0) is 4.79 Å². The fourth-order valence-electron chi connectivity index (χ4n) is 6.01. The highest BCUT2D eigenvalue weighted by atomic mass is 19.4. The first-order valence-electron chi connectivity index (χ1n) is 10.3. The van der Waals surface area contributed by atoms with Crippen molar-refractivity contribution < 1.29 is 27.9 Å². The van der Waals surface area contributed by atoms with Gasteiger partial charge in [-0.3, -0.25) is 4.79 Å². The SMILES string of the molecule is CC(C)(C)C1N(C(=O)O)CC12CC(N(C(=O)C(F)(F)F)C1CC1c1ccccc1)C2. The van der Waals surface area contributed by atoms with Gasteiger partial charge in [0.2, 0.25) is 0 Å². The molecule has 1 aromatic rings. The van der Waals surface area contributed by atoms with E-state index in [4.69, 9.17) is 0 Å². The van der Waals surface area contributed by atoms with Crippen LogP contribution in [0.1, 0.15) is 51.5 Å². The zero-order chi connectivity index (χ0) is 22.1. The molecule has 164 valence electrons. The van der Waals surface area contributed by atoms with Gasteiger partial charge in [0.25, 0.3) is 0 Å². The van der Waals surface area contributed by atoms with Gasteiger partial charge in [-0.2, -0.15) is 13.2 Å². The number of carbonyl (C=O) groups excluding carboxylic acids is 1. The van der Waals surface area contributed by atoms with Crippen molar-refractivity contribution in [1.29, 1.82) is 0 Å². The van der Waals surface area contributed by atoms with Gasteiger partial charge in [-0.05, 0) is 30.2 Å². The van der Waals surface area contributed by atoms with Crippen LogP contribution in [0, 0.1) is 10.8 Å². The Labute approximate surface area is 173 Å². The Bertz CT molecular complexity index is 843. The Kier molecular flexibility index (Phi) is 4.64. The third-order valence-corrected chi connectivity index (χ3v) is 6.94. The third kappa shape index (κ3) is 3.34. The van der Waals surface area contributed by atoms with Crippen molar-refractivity contribution in [2.24, 2.45) is 10.8 Å². The normalized spacial score (nSPS) is 32.9. The van der Waals surface area contributed by atoms with Gasteiger partial charge in [0.1, 0.15) is 0 Å². The Morgan fingerprint density at radius 2 is 1.73 bits per heavy atom. The first-order valence-corrected chi connectivity index (χ1v) is 10.3. The van der Waals surface area contributed by atoms with Crippen LogP contribution in [0.25, 0.3) is 0 Å². The molecular formula is C22H27F3N2O3. The Balaban J connectivity index is 1.53. The van der Waals surface area contributed by atoms with E-state index in [1.807, 2.05) is 51.1 Å². The summed E-state index contributed by atoms with van der Waals surface area (Å²) in [5.74, 6) is -1.85. The third-order valence-electron chi connectivity index (χ3n) is 6.94. The number of carbonyl (C=O) groups is 2. The molecule has 2 amide bonds. The number of alkyl halides is 3. The summed E-state index contributed by atoms with van der Waals surface area (Å²) in [6.07, 6.45) is -4.56. The van der Waals surface area contributed by atoms with E-state index >= 15 is 0 Å². The molecule has 1 aromatic carbocycles. The molecule has 8 heteroatoms.